The second-order valence-corrected chi connectivity index (χ2v) is 6.06. The van der Waals surface area contributed by atoms with Gasteiger partial charge in [-0.15, -0.1) is 0 Å². The standard InChI is InChI=1S/C19H17ClN2O3/c1-2-11-4-3-5-13-15(9-22-18(11)13)17(23)10-25-19(24)14-7-6-12(20)8-16(14)21/h3-9,22H,2,10,21H2,1H3. The largest absolute Gasteiger partial charge is 0.454 e. The van der Waals surface area contributed by atoms with Crippen LogP contribution < -0.4 is 5.73 Å². The molecule has 128 valence electrons. The van der Waals surface area contributed by atoms with Crippen molar-refractivity contribution in [2.24, 2.45) is 0 Å². The number of benzene rings is 2. The van der Waals surface area contributed by atoms with Gasteiger partial charge in [-0.2, -0.15) is 0 Å². The van der Waals surface area contributed by atoms with Crippen LogP contribution in [0.2, 0.25) is 5.02 Å². The molecule has 0 aliphatic carbocycles. The Morgan fingerprint density at radius 2 is 2.00 bits per heavy atom. The molecule has 0 saturated heterocycles. The Morgan fingerprint density at radius 1 is 1.20 bits per heavy atom. The molecule has 5 nitrogen and oxygen atoms in total. The summed E-state index contributed by atoms with van der Waals surface area (Å²) in [6.45, 7) is 1.69. The van der Waals surface area contributed by atoms with Crippen molar-refractivity contribution in [1.82, 2.24) is 4.98 Å². The summed E-state index contributed by atoms with van der Waals surface area (Å²) in [7, 11) is 0. The highest BCUT2D eigenvalue weighted by Gasteiger charge is 2.17. The fourth-order valence-corrected chi connectivity index (χ4v) is 2.93. The lowest BCUT2D eigenvalue weighted by molar-refractivity contribution is 0.0476. The van der Waals surface area contributed by atoms with Crippen molar-refractivity contribution >= 4 is 39.9 Å². The quantitative estimate of drug-likeness (QED) is 0.411. The number of aromatic nitrogens is 1. The molecule has 0 spiro atoms. The number of rotatable bonds is 5. The van der Waals surface area contributed by atoms with E-state index in [9.17, 15) is 9.59 Å². The van der Waals surface area contributed by atoms with E-state index in [0.29, 0.717) is 10.6 Å². The Hall–Kier alpha value is -2.79. The van der Waals surface area contributed by atoms with Crippen LogP contribution in [0.5, 0.6) is 0 Å². The lowest BCUT2D eigenvalue weighted by atomic mass is 10.1. The number of carbonyl (C=O) groups excluding carboxylic acids is 2. The number of nitrogen functional groups attached to an aromatic ring is 1. The number of carbonyl (C=O) groups is 2. The third-order valence-electron chi connectivity index (χ3n) is 4.05. The highest BCUT2D eigenvalue weighted by Crippen LogP contribution is 2.23. The van der Waals surface area contributed by atoms with E-state index < -0.39 is 5.97 Å². The van der Waals surface area contributed by atoms with Crippen LogP contribution in [0, 0.1) is 0 Å². The van der Waals surface area contributed by atoms with Gasteiger partial charge in [0.1, 0.15) is 0 Å². The maximum Gasteiger partial charge on any atom is 0.340 e. The second-order valence-electron chi connectivity index (χ2n) is 5.63. The number of nitrogens with two attached hydrogens (primary N) is 1. The fraction of sp³-hybridized carbons (Fsp3) is 0.158. The SMILES string of the molecule is CCc1cccc2c(C(=O)COC(=O)c3ccc(Cl)cc3N)c[nH]c12. The first kappa shape index (κ1) is 17.0. The number of halogens is 1. The summed E-state index contributed by atoms with van der Waals surface area (Å²) in [5.41, 5.74) is 8.71. The van der Waals surface area contributed by atoms with Crippen molar-refractivity contribution in [3.05, 3.63) is 64.3 Å². The first-order valence-corrected chi connectivity index (χ1v) is 8.23. The summed E-state index contributed by atoms with van der Waals surface area (Å²) < 4.78 is 5.11. The van der Waals surface area contributed by atoms with Crippen molar-refractivity contribution in [2.45, 2.75) is 13.3 Å². The molecular weight excluding hydrogens is 340 g/mol. The van der Waals surface area contributed by atoms with Crippen LogP contribution in [-0.2, 0) is 11.2 Å². The number of ether oxygens (including phenoxy) is 1. The number of ketones is 1. The molecule has 0 atom stereocenters. The van der Waals surface area contributed by atoms with Gasteiger partial charge in [-0.05, 0) is 30.2 Å². The minimum Gasteiger partial charge on any atom is -0.454 e. The second kappa shape index (κ2) is 6.99. The highest BCUT2D eigenvalue weighted by atomic mass is 35.5. The molecule has 3 rings (SSSR count). The van der Waals surface area contributed by atoms with Crippen LogP contribution in [0.1, 0.15) is 33.2 Å². The van der Waals surface area contributed by atoms with Crippen LogP contribution in [0.25, 0.3) is 10.9 Å². The highest BCUT2D eigenvalue weighted by molar-refractivity contribution is 6.31. The average molecular weight is 357 g/mol. The molecule has 25 heavy (non-hydrogen) atoms. The number of para-hydroxylation sites is 1. The molecule has 3 N–H and O–H groups in total. The van der Waals surface area contributed by atoms with Crippen LogP contribution >= 0.6 is 11.6 Å². The molecule has 0 aliphatic heterocycles. The Balaban J connectivity index is 1.76. The molecule has 0 radical (unpaired) electrons. The van der Waals surface area contributed by atoms with E-state index in [0.717, 1.165) is 22.9 Å². The van der Waals surface area contributed by atoms with Crippen molar-refractivity contribution < 1.29 is 14.3 Å². The van der Waals surface area contributed by atoms with Gasteiger partial charge in [-0.1, -0.05) is 36.7 Å². The number of esters is 1. The molecule has 0 fully saturated rings. The number of aromatic amines is 1. The average Bonchev–Trinajstić information content (AvgIpc) is 3.03. The molecule has 0 amide bonds. The van der Waals surface area contributed by atoms with Gasteiger partial charge < -0.3 is 15.5 Å². The van der Waals surface area contributed by atoms with E-state index >= 15 is 0 Å². The van der Waals surface area contributed by atoms with E-state index in [2.05, 4.69) is 11.9 Å². The number of hydrogen-bond donors (Lipinski definition) is 2. The summed E-state index contributed by atoms with van der Waals surface area (Å²) >= 11 is 5.81. The third-order valence-corrected chi connectivity index (χ3v) is 4.29. The van der Waals surface area contributed by atoms with Gasteiger partial charge in [-0.3, -0.25) is 4.79 Å². The van der Waals surface area contributed by atoms with Crippen molar-refractivity contribution in [3.8, 4) is 0 Å². The minimum absolute atomic E-state index is 0.185. The number of hydrogen-bond acceptors (Lipinski definition) is 4. The molecule has 0 saturated carbocycles. The Bertz CT molecular complexity index is 962. The number of H-pyrrole nitrogens is 1. The molecular formula is C19H17ClN2O3. The number of nitrogens with one attached hydrogen (secondary N) is 1. The van der Waals surface area contributed by atoms with E-state index in [1.807, 2.05) is 18.2 Å². The maximum atomic E-state index is 12.4. The Morgan fingerprint density at radius 3 is 2.72 bits per heavy atom. The molecule has 3 aromatic rings. The molecule has 0 unspecified atom stereocenters. The first-order chi connectivity index (χ1) is 12.0. The van der Waals surface area contributed by atoms with Crippen molar-refractivity contribution in [1.29, 1.82) is 0 Å². The van der Waals surface area contributed by atoms with Crippen LogP contribution in [0.3, 0.4) is 0 Å². The van der Waals surface area contributed by atoms with E-state index in [1.165, 1.54) is 12.1 Å². The van der Waals surface area contributed by atoms with Crippen LogP contribution in [0.4, 0.5) is 5.69 Å². The van der Waals surface area contributed by atoms with Gasteiger partial charge >= 0.3 is 5.97 Å². The van der Waals surface area contributed by atoms with Gasteiger partial charge in [0.25, 0.3) is 0 Å². The summed E-state index contributed by atoms with van der Waals surface area (Å²) in [5, 5.41) is 1.25. The third kappa shape index (κ3) is 3.37. The first-order valence-electron chi connectivity index (χ1n) is 7.85. The van der Waals surface area contributed by atoms with Gasteiger partial charge in [0, 0.05) is 33.4 Å². The van der Waals surface area contributed by atoms with E-state index in [1.54, 1.807) is 12.3 Å². The zero-order chi connectivity index (χ0) is 18.0. The molecule has 1 aromatic heterocycles. The zero-order valence-corrected chi connectivity index (χ0v) is 14.4. The predicted octanol–water partition coefficient (Wildman–Crippen LogP) is 4.01. The number of fused-ring (bicyclic) bond motifs is 1. The smallest absolute Gasteiger partial charge is 0.340 e. The van der Waals surface area contributed by atoms with Crippen molar-refractivity contribution in [2.75, 3.05) is 12.3 Å². The topological polar surface area (TPSA) is 85.2 Å². The molecule has 2 aromatic carbocycles. The lowest BCUT2D eigenvalue weighted by Gasteiger charge is -2.07. The fourth-order valence-electron chi connectivity index (χ4n) is 2.75. The summed E-state index contributed by atoms with van der Waals surface area (Å²) in [6, 6.07) is 10.3. The Labute approximate surface area is 149 Å². The summed E-state index contributed by atoms with van der Waals surface area (Å²) in [5.74, 6) is -0.933. The van der Waals surface area contributed by atoms with Crippen LogP contribution in [-0.4, -0.2) is 23.3 Å². The monoisotopic (exact) mass is 356 g/mol. The van der Waals surface area contributed by atoms with Crippen LogP contribution in [0.15, 0.2) is 42.6 Å². The lowest BCUT2D eigenvalue weighted by Crippen LogP contribution is -2.15. The number of anilines is 1. The summed E-state index contributed by atoms with van der Waals surface area (Å²) in [4.78, 5) is 27.7. The van der Waals surface area contributed by atoms with Gasteiger partial charge in [0.15, 0.2) is 6.61 Å². The van der Waals surface area contributed by atoms with Crippen molar-refractivity contribution in [3.63, 3.8) is 0 Å². The number of aryl methyl sites for hydroxylation is 1. The normalized spacial score (nSPS) is 10.8. The molecule has 0 aliphatic rings. The van der Waals surface area contributed by atoms with E-state index in [4.69, 9.17) is 22.1 Å². The Kier molecular flexibility index (Phi) is 4.76. The summed E-state index contributed by atoms with van der Waals surface area (Å²) in [6.07, 6.45) is 2.51. The molecule has 6 heteroatoms. The van der Waals surface area contributed by atoms with Gasteiger partial charge in [0.05, 0.1) is 5.56 Å². The number of Topliss-reactive ketones (excluding diaryl/α,β-unsaturated/α-hetero) is 1. The molecule has 1 heterocycles. The minimum atomic E-state index is -0.656. The van der Waals surface area contributed by atoms with Gasteiger partial charge in [-0.25, -0.2) is 4.79 Å². The zero-order valence-electron chi connectivity index (χ0n) is 13.6. The maximum absolute atomic E-state index is 12.4. The van der Waals surface area contributed by atoms with E-state index in [-0.39, 0.29) is 23.6 Å². The molecule has 0 bridgehead atoms. The predicted molar refractivity (Wildman–Crippen MR) is 98.2 cm³/mol. The van der Waals surface area contributed by atoms with Gasteiger partial charge in [0.2, 0.25) is 5.78 Å².